The molecule has 4 nitrogen and oxygen atoms in total. The van der Waals surface area contributed by atoms with Crippen LogP contribution >= 0.6 is 0 Å². The zero-order valence-electron chi connectivity index (χ0n) is 13.8. The Balaban J connectivity index is 2.05. The minimum atomic E-state index is -1.01. The average molecular weight is 314 g/mol. The predicted octanol–water partition coefficient (Wildman–Crippen LogP) is 4.37. The average Bonchev–Trinajstić information content (AvgIpc) is 2.46. The van der Waals surface area contributed by atoms with Gasteiger partial charge in [0.2, 0.25) is 0 Å². The van der Waals surface area contributed by atoms with E-state index in [0.717, 1.165) is 12.8 Å². The SMILES string of the molecule is CC1=C(C=CC(=O)Oc2ccc(C(=O)O)cc2)C(C)(C)CCC1. The molecule has 0 radical (unpaired) electrons. The molecule has 1 aliphatic carbocycles. The number of hydrogen-bond acceptors (Lipinski definition) is 3. The maximum atomic E-state index is 11.9. The normalized spacial score (nSPS) is 17.3. The van der Waals surface area contributed by atoms with Crippen molar-refractivity contribution in [1.82, 2.24) is 0 Å². The third-order valence-corrected chi connectivity index (χ3v) is 4.25. The highest BCUT2D eigenvalue weighted by Crippen LogP contribution is 2.40. The van der Waals surface area contributed by atoms with E-state index >= 15 is 0 Å². The van der Waals surface area contributed by atoms with Crippen molar-refractivity contribution in [1.29, 1.82) is 0 Å². The second kappa shape index (κ2) is 6.82. The highest BCUT2D eigenvalue weighted by molar-refractivity contribution is 5.88. The molecular formula is C19H22O4. The standard InChI is InChI=1S/C19H22O4/c1-13-5-4-12-19(2,3)16(13)10-11-17(20)23-15-8-6-14(7-9-15)18(21)22/h6-11H,4-5,12H2,1-3H3,(H,21,22). The summed E-state index contributed by atoms with van der Waals surface area (Å²) < 4.78 is 5.20. The summed E-state index contributed by atoms with van der Waals surface area (Å²) in [7, 11) is 0. The molecule has 0 saturated heterocycles. The molecule has 4 heteroatoms. The maximum Gasteiger partial charge on any atom is 0.336 e. The summed E-state index contributed by atoms with van der Waals surface area (Å²) in [4.78, 5) is 22.7. The van der Waals surface area contributed by atoms with Crippen molar-refractivity contribution in [3.8, 4) is 5.75 Å². The number of carbonyl (C=O) groups is 2. The zero-order chi connectivity index (χ0) is 17.0. The van der Waals surface area contributed by atoms with E-state index in [1.54, 1.807) is 0 Å². The van der Waals surface area contributed by atoms with Crippen molar-refractivity contribution < 1.29 is 19.4 Å². The van der Waals surface area contributed by atoms with Gasteiger partial charge in [0, 0.05) is 6.08 Å². The third kappa shape index (κ3) is 4.31. The fourth-order valence-electron chi connectivity index (χ4n) is 2.98. The van der Waals surface area contributed by atoms with Crippen LogP contribution in [0.3, 0.4) is 0 Å². The van der Waals surface area contributed by atoms with E-state index in [1.807, 2.05) is 6.08 Å². The number of esters is 1. The topological polar surface area (TPSA) is 63.6 Å². The number of carboxylic acids is 1. The molecule has 0 bridgehead atoms. The largest absolute Gasteiger partial charge is 0.478 e. The molecule has 0 amide bonds. The second-order valence-electron chi connectivity index (χ2n) is 6.52. The summed E-state index contributed by atoms with van der Waals surface area (Å²) in [6.07, 6.45) is 6.64. The molecule has 0 aromatic heterocycles. The van der Waals surface area contributed by atoms with E-state index in [-0.39, 0.29) is 11.0 Å². The molecule has 2 rings (SSSR count). The molecule has 0 aliphatic heterocycles. The van der Waals surface area contributed by atoms with Crippen molar-refractivity contribution >= 4 is 11.9 Å². The molecule has 0 atom stereocenters. The number of rotatable bonds is 4. The molecular weight excluding hydrogens is 292 g/mol. The summed E-state index contributed by atoms with van der Waals surface area (Å²) in [5, 5.41) is 8.84. The molecule has 0 saturated carbocycles. The number of hydrogen-bond donors (Lipinski definition) is 1. The summed E-state index contributed by atoms with van der Waals surface area (Å²) in [6, 6.07) is 5.77. The number of benzene rings is 1. The van der Waals surface area contributed by atoms with Gasteiger partial charge in [-0.05, 0) is 61.4 Å². The Bertz CT molecular complexity index is 663. The molecule has 0 fully saturated rings. The summed E-state index contributed by atoms with van der Waals surface area (Å²) in [6.45, 7) is 6.48. The van der Waals surface area contributed by atoms with Gasteiger partial charge in [0.1, 0.15) is 5.75 Å². The van der Waals surface area contributed by atoms with Gasteiger partial charge < -0.3 is 9.84 Å². The Labute approximate surface area is 136 Å². The lowest BCUT2D eigenvalue weighted by molar-refractivity contribution is -0.129. The van der Waals surface area contributed by atoms with Gasteiger partial charge in [0.15, 0.2) is 0 Å². The fraction of sp³-hybridized carbons (Fsp3) is 0.368. The minimum Gasteiger partial charge on any atom is -0.478 e. The van der Waals surface area contributed by atoms with Gasteiger partial charge in [-0.25, -0.2) is 9.59 Å². The van der Waals surface area contributed by atoms with Gasteiger partial charge >= 0.3 is 11.9 Å². The van der Waals surface area contributed by atoms with Crippen LogP contribution in [0.15, 0.2) is 47.6 Å². The Hall–Kier alpha value is -2.36. The first-order chi connectivity index (χ1) is 10.8. The lowest BCUT2D eigenvalue weighted by Crippen LogP contribution is -2.19. The van der Waals surface area contributed by atoms with E-state index < -0.39 is 11.9 Å². The van der Waals surface area contributed by atoms with Crippen molar-refractivity contribution in [2.45, 2.75) is 40.0 Å². The Kier molecular flexibility index (Phi) is 5.04. The lowest BCUT2D eigenvalue weighted by Gasteiger charge is -2.32. The molecule has 0 spiro atoms. The summed E-state index contributed by atoms with van der Waals surface area (Å²) >= 11 is 0. The van der Waals surface area contributed by atoms with Crippen molar-refractivity contribution in [2.75, 3.05) is 0 Å². The van der Waals surface area contributed by atoms with E-state index in [4.69, 9.17) is 9.84 Å². The van der Waals surface area contributed by atoms with Gasteiger partial charge in [-0.3, -0.25) is 0 Å². The van der Waals surface area contributed by atoms with Crippen LogP contribution in [-0.2, 0) is 4.79 Å². The highest BCUT2D eigenvalue weighted by Gasteiger charge is 2.26. The smallest absolute Gasteiger partial charge is 0.336 e. The molecule has 0 heterocycles. The maximum absolute atomic E-state index is 11.9. The second-order valence-corrected chi connectivity index (χ2v) is 6.52. The number of aromatic carboxylic acids is 1. The Morgan fingerprint density at radius 1 is 1.22 bits per heavy atom. The quantitative estimate of drug-likeness (QED) is 0.509. The van der Waals surface area contributed by atoms with Gasteiger partial charge in [-0.15, -0.1) is 0 Å². The van der Waals surface area contributed by atoms with Crippen molar-refractivity contribution in [2.24, 2.45) is 5.41 Å². The van der Waals surface area contributed by atoms with Crippen LogP contribution in [0.5, 0.6) is 5.75 Å². The zero-order valence-corrected chi connectivity index (χ0v) is 13.8. The number of allylic oxidation sites excluding steroid dienone is 3. The van der Waals surface area contributed by atoms with E-state index in [9.17, 15) is 9.59 Å². The predicted molar refractivity (Wildman–Crippen MR) is 88.5 cm³/mol. The Morgan fingerprint density at radius 3 is 2.43 bits per heavy atom. The molecule has 1 N–H and O–H groups in total. The molecule has 0 unspecified atom stereocenters. The van der Waals surface area contributed by atoms with Gasteiger partial charge in [-0.2, -0.15) is 0 Å². The van der Waals surface area contributed by atoms with Crippen LogP contribution in [0.4, 0.5) is 0 Å². The van der Waals surface area contributed by atoms with Crippen LogP contribution < -0.4 is 4.74 Å². The van der Waals surface area contributed by atoms with E-state index in [0.29, 0.717) is 5.75 Å². The van der Waals surface area contributed by atoms with E-state index in [1.165, 1.54) is 47.9 Å². The first-order valence-corrected chi connectivity index (χ1v) is 7.73. The van der Waals surface area contributed by atoms with Gasteiger partial charge in [0.05, 0.1) is 5.56 Å². The monoisotopic (exact) mass is 314 g/mol. The molecule has 1 aromatic carbocycles. The van der Waals surface area contributed by atoms with Crippen molar-refractivity contribution in [3.63, 3.8) is 0 Å². The molecule has 1 aromatic rings. The van der Waals surface area contributed by atoms with Gasteiger partial charge in [-0.1, -0.05) is 25.5 Å². The summed E-state index contributed by atoms with van der Waals surface area (Å²) in [5.41, 5.74) is 2.74. The van der Waals surface area contributed by atoms with Crippen LogP contribution in [0.2, 0.25) is 0 Å². The summed E-state index contributed by atoms with van der Waals surface area (Å²) in [5.74, 6) is -1.14. The first-order valence-electron chi connectivity index (χ1n) is 7.73. The highest BCUT2D eigenvalue weighted by atomic mass is 16.5. The van der Waals surface area contributed by atoms with Crippen LogP contribution in [0.25, 0.3) is 0 Å². The fourth-order valence-corrected chi connectivity index (χ4v) is 2.98. The molecule has 1 aliphatic rings. The van der Waals surface area contributed by atoms with Gasteiger partial charge in [0.25, 0.3) is 0 Å². The Morgan fingerprint density at radius 2 is 1.87 bits per heavy atom. The lowest BCUT2D eigenvalue weighted by atomic mass is 9.73. The minimum absolute atomic E-state index is 0.0717. The third-order valence-electron chi connectivity index (χ3n) is 4.25. The number of carboxylic acid groups (broad SMARTS) is 1. The first kappa shape index (κ1) is 17.0. The van der Waals surface area contributed by atoms with E-state index in [2.05, 4.69) is 20.8 Å². The number of ether oxygens (including phenoxy) is 1. The van der Waals surface area contributed by atoms with Crippen LogP contribution in [0, 0.1) is 5.41 Å². The molecule has 23 heavy (non-hydrogen) atoms. The number of carbonyl (C=O) groups excluding carboxylic acids is 1. The van der Waals surface area contributed by atoms with Crippen LogP contribution in [-0.4, -0.2) is 17.0 Å². The van der Waals surface area contributed by atoms with Crippen LogP contribution in [0.1, 0.15) is 50.4 Å². The molecule has 122 valence electrons. The van der Waals surface area contributed by atoms with Crippen molar-refractivity contribution in [3.05, 3.63) is 53.1 Å².